The molecule has 0 fully saturated rings. The van der Waals surface area contributed by atoms with Crippen LogP contribution in [0, 0.1) is 0 Å². The second-order valence-electron chi connectivity index (χ2n) is 7.02. The van der Waals surface area contributed by atoms with Gasteiger partial charge >= 0.3 is 6.18 Å². The van der Waals surface area contributed by atoms with Gasteiger partial charge in [-0.15, -0.1) is 5.10 Å². The fourth-order valence-electron chi connectivity index (χ4n) is 2.13. The van der Waals surface area contributed by atoms with Gasteiger partial charge in [-0.1, -0.05) is 32.9 Å². The number of halogens is 3. The summed E-state index contributed by atoms with van der Waals surface area (Å²) in [6.07, 6.45) is -4.70. The minimum absolute atomic E-state index is 0.0615. The van der Waals surface area contributed by atoms with Crippen LogP contribution in [0.4, 0.5) is 19.1 Å². The number of anilines is 1. The summed E-state index contributed by atoms with van der Waals surface area (Å²) >= 11 is 0. The fraction of sp³-hybridized carbons (Fsp3) is 0.412. The first-order valence-corrected chi connectivity index (χ1v) is 8.10. The summed E-state index contributed by atoms with van der Waals surface area (Å²) in [6.45, 7) is 7.53. The number of hydrogen-bond donors (Lipinski definition) is 3. The zero-order chi connectivity index (χ0) is 20.4. The molecule has 3 N–H and O–H groups in total. The molecule has 146 valence electrons. The second-order valence-corrected chi connectivity index (χ2v) is 7.02. The Morgan fingerprint density at radius 1 is 1.11 bits per heavy atom. The van der Waals surface area contributed by atoms with E-state index in [4.69, 9.17) is 0 Å². The number of carbonyl (C=O) groups excluding carboxylic acids is 2. The Labute approximate surface area is 153 Å². The van der Waals surface area contributed by atoms with E-state index in [9.17, 15) is 22.8 Å². The number of rotatable bonds is 4. The molecule has 2 aromatic rings. The van der Waals surface area contributed by atoms with Crippen molar-refractivity contribution in [3.63, 3.8) is 0 Å². The third-order valence-electron chi connectivity index (χ3n) is 3.74. The number of hydrogen-bond acceptors (Lipinski definition) is 4. The number of amides is 2. The molecule has 1 unspecified atom stereocenters. The van der Waals surface area contributed by atoms with Crippen molar-refractivity contribution in [3.8, 4) is 0 Å². The lowest BCUT2D eigenvalue weighted by atomic mass is 9.86. The summed E-state index contributed by atoms with van der Waals surface area (Å²) in [5.41, 5.74) is 1.35. The zero-order valence-corrected chi connectivity index (χ0v) is 15.2. The minimum atomic E-state index is -4.70. The van der Waals surface area contributed by atoms with E-state index in [1.54, 1.807) is 17.2 Å². The number of nitrogens with zero attached hydrogens (tertiary/aromatic N) is 2. The maximum Gasteiger partial charge on any atom is 0.451 e. The molecule has 2 rings (SSSR count). The normalized spacial score (nSPS) is 13.1. The first-order valence-electron chi connectivity index (χ1n) is 8.10. The molecule has 1 heterocycles. The molecule has 2 amide bonds. The molecule has 0 spiro atoms. The molecular formula is C17H20F3N5O2. The number of benzene rings is 1. The van der Waals surface area contributed by atoms with E-state index in [-0.39, 0.29) is 5.41 Å². The van der Waals surface area contributed by atoms with Gasteiger partial charge in [-0.3, -0.25) is 20.0 Å². The molecule has 0 saturated carbocycles. The van der Waals surface area contributed by atoms with Gasteiger partial charge in [0.25, 0.3) is 5.91 Å². The summed E-state index contributed by atoms with van der Waals surface area (Å²) in [4.78, 5) is 27.4. The smallest absolute Gasteiger partial charge is 0.341 e. The molecule has 1 atom stereocenters. The number of aromatic nitrogens is 3. The molecule has 7 nitrogen and oxygen atoms in total. The topological polar surface area (TPSA) is 99.8 Å². The lowest BCUT2D eigenvalue weighted by Gasteiger charge is -2.19. The quantitative estimate of drug-likeness (QED) is 0.756. The van der Waals surface area contributed by atoms with Gasteiger partial charge in [0.05, 0.1) is 0 Å². The number of H-pyrrole nitrogens is 1. The summed E-state index contributed by atoms with van der Waals surface area (Å²) in [7, 11) is 0. The molecule has 0 bridgehead atoms. The van der Waals surface area contributed by atoms with Crippen LogP contribution in [-0.4, -0.2) is 33.0 Å². The highest BCUT2D eigenvalue weighted by molar-refractivity contribution is 6.00. The molecule has 0 saturated heterocycles. The van der Waals surface area contributed by atoms with Gasteiger partial charge < -0.3 is 5.32 Å². The van der Waals surface area contributed by atoms with Crippen molar-refractivity contribution in [1.82, 2.24) is 20.5 Å². The van der Waals surface area contributed by atoms with Gasteiger partial charge in [-0.05, 0) is 30.0 Å². The Morgan fingerprint density at radius 3 is 2.19 bits per heavy atom. The van der Waals surface area contributed by atoms with Crippen LogP contribution in [0.2, 0.25) is 0 Å². The van der Waals surface area contributed by atoms with Gasteiger partial charge in [0.2, 0.25) is 17.7 Å². The molecule has 27 heavy (non-hydrogen) atoms. The fourth-order valence-corrected chi connectivity index (χ4v) is 2.13. The third-order valence-corrected chi connectivity index (χ3v) is 3.74. The number of carbonyl (C=O) groups is 2. The van der Waals surface area contributed by atoms with Crippen molar-refractivity contribution >= 4 is 17.8 Å². The van der Waals surface area contributed by atoms with Crippen molar-refractivity contribution in [2.24, 2.45) is 0 Å². The van der Waals surface area contributed by atoms with Gasteiger partial charge in [-0.2, -0.15) is 18.2 Å². The van der Waals surface area contributed by atoms with E-state index in [0.29, 0.717) is 5.56 Å². The van der Waals surface area contributed by atoms with Crippen molar-refractivity contribution in [1.29, 1.82) is 0 Å². The average Bonchev–Trinajstić information content (AvgIpc) is 3.02. The van der Waals surface area contributed by atoms with E-state index in [1.165, 1.54) is 6.92 Å². The standard InChI is InChI=1S/C17H20F3N5O2/c1-9(12(26)22-15-23-14(24-25-15)17(18,19)20)21-13(27)10-5-7-11(8-6-10)16(2,3)4/h5-9H,1-4H3,(H,21,27)(H2,22,23,24,25,26). The summed E-state index contributed by atoms with van der Waals surface area (Å²) in [5.74, 6) is -3.08. The van der Waals surface area contributed by atoms with Crippen molar-refractivity contribution in [3.05, 3.63) is 41.2 Å². The largest absolute Gasteiger partial charge is 0.451 e. The summed E-state index contributed by atoms with van der Waals surface area (Å²) in [5, 5.41) is 9.55. The predicted molar refractivity (Wildman–Crippen MR) is 92.1 cm³/mol. The van der Waals surface area contributed by atoms with E-state index in [1.807, 2.05) is 32.9 Å². The molecule has 10 heteroatoms. The van der Waals surface area contributed by atoms with Gasteiger partial charge in [0.15, 0.2) is 0 Å². The summed E-state index contributed by atoms with van der Waals surface area (Å²) < 4.78 is 37.4. The minimum Gasteiger partial charge on any atom is -0.341 e. The van der Waals surface area contributed by atoms with Crippen LogP contribution in [0.1, 0.15) is 49.4 Å². The zero-order valence-electron chi connectivity index (χ0n) is 15.2. The Morgan fingerprint density at radius 2 is 1.70 bits per heavy atom. The summed E-state index contributed by atoms with van der Waals surface area (Å²) in [6, 6.07) is 5.93. The van der Waals surface area contributed by atoms with E-state index >= 15 is 0 Å². The molecule has 0 aliphatic heterocycles. The second kappa shape index (κ2) is 7.37. The molecular weight excluding hydrogens is 363 g/mol. The van der Waals surface area contributed by atoms with Crippen LogP contribution in [0.3, 0.4) is 0 Å². The van der Waals surface area contributed by atoms with Gasteiger partial charge in [-0.25, -0.2) is 0 Å². The lowest BCUT2D eigenvalue weighted by Crippen LogP contribution is -2.41. The highest BCUT2D eigenvalue weighted by Gasteiger charge is 2.35. The van der Waals surface area contributed by atoms with Crippen LogP contribution >= 0.6 is 0 Å². The van der Waals surface area contributed by atoms with Crippen molar-refractivity contribution < 1.29 is 22.8 Å². The first-order chi connectivity index (χ1) is 12.4. The SMILES string of the molecule is CC(NC(=O)c1ccc(C(C)(C)C)cc1)C(=O)Nc1n[nH]c(C(F)(F)F)n1. The Hall–Kier alpha value is -2.91. The molecule has 0 aliphatic carbocycles. The molecule has 0 aliphatic rings. The van der Waals surface area contributed by atoms with Gasteiger partial charge in [0, 0.05) is 5.56 Å². The van der Waals surface area contributed by atoms with Crippen molar-refractivity contribution in [2.45, 2.75) is 45.3 Å². The third kappa shape index (κ3) is 5.28. The van der Waals surface area contributed by atoms with E-state index in [2.05, 4.69) is 20.7 Å². The first kappa shape index (κ1) is 20.4. The maximum absolute atomic E-state index is 12.5. The predicted octanol–water partition coefficient (Wildman–Crippen LogP) is 2.88. The number of aromatic amines is 1. The van der Waals surface area contributed by atoms with Crippen LogP contribution in [0.15, 0.2) is 24.3 Å². The van der Waals surface area contributed by atoms with Gasteiger partial charge in [0.1, 0.15) is 6.04 Å². The van der Waals surface area contributed by atoms with Crippen molar-refractivity contribution in [2.75, 3.05) is 5.32 Å². The Bertz CT molecular complexity index is 822. The van der Waals surface area contributed by atoms with E-state index in [0.717, 1.165) is 5.56 Å². The number of nitrogens with one attached hydrogen (secondary N) is 3. The monoisotopic (exact) mass is 383 g/mol. The lowest BCUT2D eigenvalue weighted by molar-refractivity contribution is -0.144. The van der Waals surface area contributed by atoms with E-state index < -0.39 is 35.8 Å². The maximum atomic E-state index is 12.5. The van der Waals surface area contributed by atoms with Crippen LogP contribution < -0.4 is 10.6 Å². The van der Waals surface area contributed by atoms with Crippen LogP contribution in [-0.2, 0) is 16.4 Å². The highest BCUT2D eigenvalue weighted by atomic mass is 19.4. The Kier molecular flexibility index (Phi) is 5.57. The molecule has 0 radical (unpaired) electrons. The molecule has 1 aromatic carbocycles. The average molecular weight is 383 g/mol. The Balaban J connectivity index is 1.97. The van der Waals surface area contributed by atoms with Crippen LogP contribution in [0.25, 0.3) is 0 Å². The van der Waals surface area contributed by atoms with Crippen LogP contribution in [0.5, 0.6) is 0 Å². The molecule has 1 aromatic heterocycles. The highest BCUT2D eigenvalue weighted by Crippen LogP contribution is 2.26. The number of alkyl halides is 3.